The number of hydrogen-bond acceptors (Lipinski definition) is 5. The Labute approximate surface area is 129 Å². The molecule has 21 heavy (non-hydrogen) atoms. The van der Waals surface area contributed by atoms with Crippen LogP contribution in [0.25, 0.3) is 0 Å². The van der Waals surface area contributed by atoms with Gasteiger partial charge in [0.25, 0.3) is 0 Å². The molecule has 2 aliphatic rings. The Morgan fingerprint density at radius 2 is 2.10 bits per heavy atom. The molecule has 0 aliphatic carbocycles. The van der Waals surface area contributed by atoms with Crippen molar-refractivity contribution in [2.45, 2.75) is 19.1 Å². The Morgan fingerprint density at radius 3 is 2.86 bits per heavy atom. The maximum atomic E-state index is 6.35. The molecule has 116 valence electrons. The fraction of sp³-hybridized carbons (Fsp3) is 0.600. The minimum atomic E-state index is -0.0303. The van der Waals surface area contributed by atoms with E-state index in [0.29, 0.717) is 42.9 Å². The molecule has 0 radical (unpaired) electrons. The van der Waals surface area contributed by atoms with Crippen LogP contribution in [0.15, 0.2) is 12.1 Å². The first-order chi connectivity index (χ1) is 10.2. The summed E-state index contributed by atoms with van der Waals surface area (Å²) in [4.78, 5) is 2.36. The Bertz CT molecular complexity index is 500. The molecular weight excluding hydrogens is 292 g/mol. The van der Waals surface area contributed by atoms with Crippen LogP contribution in [0.4, 0.5) is 0 Å². The van der Waals surface area contributed by atoms with E-state index in [0.717, 1.165) is 18.7 Å². The van der Waals surface area contributed by atoms with Gasteiger partial charge in [0.1, 0.15) is 13.2 Å². The van der Waals surface area contributed by atoms with Crippen molar-refractivity contribution in [1.29, 1.82) is 0 Å². The predicted octanol–water partition coefficient (Wildman–Crippen LogP) is 1.83. The molecule has 2 heterocycles. The van der Waals surface area contributed by atoms with Crippen molar-refractivity contribution < 1.29 is 14.2 Å². The molecule has 2 unspecified atom stereocenters. The SMILES string of the molecule is CCN1CCOC(CN)C1c1cc(Cl)c2c(c1)OCCO2. The normalized spacial score (nSPS) is 25.9. The van der Waals surface area contributed by atoms with E-state index in [1.165, 1.54) is 0 Å². The van der Waals surface area contributed by atoms with Crippen LogP contribution < -0.4 is 15.2 Å². The van der Waals surface area contributed by atoms with Gasteiger partial charge in [-0.1, -0.05) is 18.5 Å². The molecule has 0 amide bonds. The topological polar surface area (TPSA) is 57.0 Å². The van der Waals surface area contributed by atoms with Gasteiger partial charge >= 0.3 is 0 Å². The van der Waals surface area contributed by atoms with Crippen LogP contribution in [0.3, 0.4) is 0 Å². The van der Waals surface area contributed by atoms with Crippen LogP contribution in [0, 0.1) is 0 Å². The molecule has 1 aromatic rings. The van der Waals surface area contributed by atoms with Crippen molar-refractivity contribution in [3.63, 3.8) is 0 Å². The molecule has 3 rings (SSSR count). The summed E-state index contributed by atoms with van der Waals surface area (Å²) in [7, 11) is 0. The summed E-state index contributed by atoms with van der Waals surface area (Å²) in [6.45, 7) is 6.25. The highest BCUT2D eigenvalue weighted by Crippen LogP contribution is 2.42. The molecule has 5 nitrogen and oxygen atoms in total. The minimum absolute atomic E-state index is 0.0303. The highest BCUT2D eigenvalue weighted by Gasteiger charge is 2.33. The standard InChI is InChI=1S/C15H21ClN2O3/c1-2-18-3-4-19-13(9-17)14(18)10-7-11(16)15-12(8-10)20-5-6-21-15/h7-8,13-14H,2-6,9,17H2,1H3. The van der Waals surface area contributed by atoms with Gasteiger partial charge in [0.2, 0.25) is 0 Å². The van der Waals surface area contributed by atoms with Gasteiger partial charge in [0, 0.05) is 13.1 Å². The maximum absolute atomic E-state index is 6.35. The zero-order valence-electron chi connectivity index (χ0n) is 12.2. The van der Waals surface area contributed by atoms with Gasteiger partial charge in [-0.15, -0.1) is 0 Å². The predicted molar refractivity (Wildman–Crippen MR) is 81.2 cm³/mol. The van der Waals surface area contributed by atoms with Crippen LogP contribution >= 0.6 is 11.6 Å². The summed E-state index contributed by atoms with van der Waals surface area (Å²) in [6, 6.07) is 4.05. The molecule has 0 bridgehead atoms. The van der Waals surface area contributed by atoms with Crippen molar-refractivity contribution in [2.75, 3.05) is 39.5 Å². The van der Waals surface area contributed by atoms with E-state index in [4.69, 9.17) is 31.5 Å². The molecule has 1 fully saturated rings. The molecular formula is C15H21ClN2O3. The Hall–Kier alpha value is -1.01. The number of morpholine rings is 1. The molecule has 1 saturated heterocycles. The first-order valence-electron chi connectivity index (χ1n) is 7.39. The molecule has 0 spiro atoms. The number of hydrogen-bond donors (Lipinski definition) is 1. The third-order valence-corrected chi connectivity index (χ3v) is 4.34. The van der Waals surface area contributed by atoms with Gasteiger partial charge in [-0.25, -0.2) is 0 Å². The monoisotopic (exact) mass is 312 g/mol. The largest absolute Gasteiger partial charge is 0.486 e. The maximum Gasteiger partial charge on any atom is 0.179 e. The van der Waals surface area contributed by atoms with Crippen LogP contribution in [0.5, 0.6) is 11.5 Å². The lowest BCUT2D eigenvalue weighted by molar-refractivity contribution is -0.0659. The average Bonchev–Trinajstić information content (AvgIpc) is 2.54. The van der Waals surface area contributed by atoms with E-state index in [2.05, 4.69) is 11.8 Å². The second-order valence-corrected chi connectivity index (χ2v) is 5.65. The number of likely N-dealkylation sites (N-methyl/N-ethyl adjacent to an activating group) is 1. The van der Waals surface area contributed by atoms with Crippen LogP contribution in [0.2, 0.25) is 5.02 Å². The van der Waals surface area contributed by atoms with E-state index in [9.17, 15) is 0 Å². The molecule has 2 aliphatic heterocycles. The number of rotatable bonds is 3. The quantitative estimate of drug-likeness (QED) is 0.923. The lowest BCUT2D eigenvalue weighted by atomic mass is 9.97. The number of fused-ring (bicyclic) bond motifs is 1. The number of nitrogens with zero attached hydrogens (tertiary/aromatic N) is 1. The number of ether oxygens (including phenoxy) is 3. The van der Waals surface area contributed by atoms with Crippen LogP contribution in [-0.2, 0) is 4.74 Å². The van der Waals surface area contributed by atoms with Gasteiger partial charge in [-0.3, -0.25) is 4.90 Å². The first kappa shape index (κ1) is 14.9. The Balaban J connectivity index is 1.98. The summed E-state index contributed by atoms with van der Waals surface area (Å²) in [5.74, 6) is 1.34. The lowest BCUT2D eigenvalue weighted by Crippen LogP contribution is -2.48. The summed E-state index contributed by atoms with van der Waals surface area (Å²) >= 11 is 6.35. The van der Waals surface area contributed by atoms with E-state index in [1.807, 2.05) is 12.1 Å². The van der Waals surface area contributed by atoms with Gasteiger partial charge < -0.3 is 19.9 Å². The van der Waals surface area contributed by atoms with Crippen molar-refractivity contribution in [2.24, 2.45) is 5.73 Å². The fourth-order valence-corrected chi connectivity index (χ4v) is 3.34. The van der Waals surface area contributed by atoms with Crippen molar-refractivity contribution in [3.8, 4) is 11.5 Å². The van der Waals surface area contributed by atoms with Gasteiger partial charge in [-0.2, -0.15) is 0 Å². The zero-order valence-corrected chi connectivity index (χ0v) is 12.9. The van der Waals surface area contributed by atoms with E-state index in [-0.39, 0.29) is 12.1 Å². The summed E-state index contributed by atoms with van der Waals surface area (Å²) in [6.07, 6.45) is -0.0303. The van der Waals surface area contributed by atoms with E-state index >= 15 is 0 Å². The molecule has 2 atom stereocenters. The van der Waals surface area contributed by atoms with E-state index in [1.54, 1.807) is 0 Å². The Kier molecular flexibility index (Phi) is 4.54. The molecule has 1 aromatic carbocycles. The molecule has 2 N–H and O–H groups in total. The number of nitrogens with two attached hydrogens (primary N) is 1. The van der Waals surface area contributed by atoms with Crippen LogP contribution in [-0.4, -0.2) is 50.5 Å². The smallest absolute Gasteiger partial charge is 0.179 e. The minimum Gasteiger partial charge on any atom is -0.486 e. The third-order valence-electron chi connectivity index (χ3n) is 4.06. The zero-order chi connectivity index (χ0) is 14.8. The fourth-order valence-electron chi connectivity index (χ4n) is 3.07. The molecule has 6 heteroatoms. The third kappa shape index (κ3) is 2.83. The molecule has 0 saturated carbocycles. The summed E-state index contributed by atoms with van der Waals surface area (Å²) in [5, 5.41) is 0.583. The Morgan fingerprint density at radius 1 is 1.29 bits per heavy atom. The highest BCUT2D eigenvalue weighted by atomic mass is 35.5. The highest BCUT2D eigenvalue weighted by molar-refractivity contribution is 6.32. The average molecular weight is 313 g/mol. The number of halogens is 1. The lowest BCUT2D eigenvalue weighted by Gasteiger charge is -2.41. The van der Waals surface area contributed by atoms with Crippen molar-refractivity contribution in [3.05, 3.63) is 22.7 Å². The molecule has 0 aromatic heterocycles. The van der Waals surface area contributed by atoms with Gasteiger partial charge in [0.15, 0.2) is 11.5 Å². The van der Waals surface area contributed by atoms with Crippen molar-refractivity contribution in [1.82, 2.24) is 4.90 Å². The second-order valence-electron chi connectivity index (χ2n) is 5.25. The summed E-state index contributed by atoms with van der Waals surface area (Å²) in [5.41, 5.74) is 6.95. The summed E-state index contributed by atoms with van der Waals surface area (Å²) < 4.78 is 17.1. The van der Waals surface area contributed by atoms with E-state index < -0.39 is 0 Å². The van der Waals surface area contributed by atoms with Crippen LogP contribution in [0.1, 0.15) is 18.5 Å². The van der Waals surface area contributed by atoms with Gasteiger partial charge in [0.05, 0.1) is 23.8 Å². The first-order valence-corrected chi connectivity index (χ1v) is 7.77. The second kappa shape index (κ2) is 6.40. The van der Waals surface area contributed by atoms with Crippen molar-refractivity contribution >= 4 is 11.6 Å². The number of benzene rings is 1. The van der Waals surface area contributed by atoms with Gasteiger partial charge in [-0.05, 0) is 24.2 Å².